The maximum atomic E-state index is 13.0. The fraction of sp³-hybridized carbons (Fsp3) is 0.462. The van der Waals surface area contributed by atoms with Gasteiger partial charge >= 0.3 is 0 Å². The zero-order valence-electron chi connectivity index (χ0n) is 10.4. The first-order valence-corrected chi connectivity index (χ1v) is 5.95. The van der Waals surface area contributed by atoms with Crippen molar-refractivity contribution in [2.45, 2.75) is 24.9 Å². The van der Waals surface area contributed by atoms with Crippen LogP contribution >= 0.6 is 0 Å². The molecule has 1 aliphatic rings. The normalized spacial score (nSPS) is 16.8. The summed E-state index contributed by atoms with van der Waals surface area (Å²) in [6.07, 6.45) is 2.68. The van der Waals surface area contributed by atoms with Gasteiger partial charge < -0.3 is 10.1 Å². The van der Waals surface area contributed by atoms with E-state index in [1.165, 1.54) is 0 Å². The van der Waals surface area contributed by atoms with Gasteiger partial charge in [-0.15, -0.1) is 0 Å². The Bertz CT molecular complexity index is 472. The molecule has 6 heteroatoms. The smallest absolute Gasteiger partial charge is 0.251 e. The van der Waals surface area contributed by atoms with Gasteiger partial charge in [0.15, 0.2) is 17.5 Å². The summed E-state index contributed by atoms with van der Waals surface area (Å²) in [5, 5.41) is 2.55. The number of hydrogen-bond acceptors (Lipinski definition) is 2. The summed E-state index contributed by atoms with van der Waals surface area (Å²) in [7, 11) is 1.56. The molecular formula is C13H14F3NO2. The summed E-state index contributed by atoms with van der Waals surface area (Å²) < 4.78 is 44.1. The van der Waals surface area contributed by atoms with Crippen LogP contribution in [0.5, 0.6) is 0 Å². The molecule has 1 N–H and O–H groups in total. The third-order valence-corrected chi connectivity index (χ3v) is 3.51. The fourth-order valence-corrected chi connectivity index (χ4v) is 2.05. The van der Waals surface area contributed by atoms with Gasteiger partial charge in [-0.1, -0.05) is 0 Å². The Balaban J connectivity index is 2.04. The van der Waals surface area contributed by atoms with Crippen LogP contribution in [0.3, 0.4) is 0 Å². The highest BCUT2D eigenvalue weighted by molar-refractivity contribution is 5.94. The molecular weight excluding hydrogens is 259 g/mol. The van der Waals surface area contributed by atoms with E-state index < -0.39 is 23.4 Å². The van der Waals surface area contributed by atoms with Gasteiger partial charge in [-0.05, 0) is 31.4 Å². The zero-order chi connectivity index (χ0) is 14.0. The van der Waals surface area contributed by atoms with Crippen LogP contribution in [-0.2, 0) is 4.74 Å². The fourth-order valence-electron chi connectivity index (χ4n) is 2.05. The van der Waals surface area contributed by atoms with Crippen molar-refractivity contribution in [3.05, 3.63) is 35.1 Å². The molecule has 0 radical (unpaired) electrons. The lowest BCUT2D eigenvalue weighted by Gasteiger charge is -2.40. The highest BCUT2D eigenvalue weighted by Crippen LogP contribution is 2.34. The Hall–Kier alpha value is -1.56. The number of carbonyl (C=O) groups excluding carboxylic acids is 1. The van der Waals surface area contributed by atoms with Crippen LogP contribution in [0, 0.1) is 17.5 Å². The molecule has 0 atom stereocenters. The van der Waals surface area contributed by atoms with Gasteiger partial charge in [-0.25, -0.2) is 13.2 Å². The Morgan fingerprint density at radius 1 is 1.32 bits per heavy atom. The van der Waals surface area contributed by atoms with E-state index in [4.69, 9.17) is 4.74 Å². The van der Waals surface area contributed by atoms with Gasteiger partial charge in [0, 0.05) is 19.2 Å². The van der Waals surface area contributed by atoms with Gasteiger partial charge in [-0.2, -0.15) is 0 Å². The molecule has 0 aromatic heterocycles. The molecule has 19 heavy (non-hydrogen) atoms. The van der Waals surface area contributed by atoms with Crippen molar-refractivity contribution < 1.29 is 22.7 Å². The minimum absolute atomic E-state index is 0.248. The number of rotatable bonds is 4. The molecule has 1 amide bonds. The average Bonchev–Trinajstić information content (AvgIpc) is 2.34. The molecule has 0 unspecified atom stereocenters. The van der Waals surface area contributed by atoms with Crippen molar-refractivity contribution in [1.82, 2.24) is 5.32 Å². The zero-order valence-corrected chi connectivity index (χ0v) is 10.4. The predicted octanol–water partition coefficient (Wildman–Crippen LogP) is 2.40. The van der Waals surface area contributed by atoms with Gasteiger partial charge in [0.2, 0.25) is 0 Å². The first-order chi connectivity index (χ1) is 8.97. The summed E-state index contributed by atoms with van der Waals surface area (Å²) in [6.45, 7) is 0.267. The molecule has 1 aromatic rings. The summed E-state index contributed by atoms with van der Waals surface area (Å²) in [6, 6.07) is 1.35. The number of nitrogens with one attached hydrogen (secondary N) is 1. The molecule has 1 aromatic carbocycles. The summed E-state index contributed by atoms with van der Waals surface area (Å²) in [5.41, 5.74) is -0.630. The SMILES string of the molecule is COC1(CNC(=O)c2cc(F)c(F)c(F)c2)CCC1. The van der Waals surface area contributed by atoms with E-state index >= 15 is 0 Å². The number of halogens is 3. The molecule has 0 aliphatic heterocycles. The van der Waals surface area contributed by atoms with E-state index in [1.807, 2.05) is 0 Å². The van der Waals surface area contributed by atoms with E-state index in [2.05, 4.69) is 5.32 Å². The van der Waals surface area contributed by atoms with Crippen LogP contribution in [0.2, 0.25) is 0 Å². The summed E-state index contributed by atoms with van der Waals surface area (Å²) in [5.74, 6) is -4.99. The van der Waals surface area contributed by atoms with E-state index in [1.54, 1.807) is 7.11 Å². The standard InChI is InChI=1S/C13H14F3NO2/c1-19-13(3-2-4-13)7-17-12(18)8-5-9(14)11(16)10(15)6-8/h5-6H,2-4,7H2,1H3,(H,17,18). The van der Waals surface area contributed by atoms with Crippen LogP contribution in [0.25, 0.3) is 0 Å². The van der Waals surface area contributed by atoms with Gasteiger partial charge in [0.05, 0.1) is 5.60 Å². The third kappa shape index (κ3) is 2.73. The predicted molar refractivity (Wildman–Crippen MR) is 62.2 cm³/mol. The number of carbonyl (C=O) groups is 1. The van der Waals surface area contributed by atoms with Gasteiger partial charge in [0.1, 0.15) is 0 Å². The van der Waals surface area contributed by atoms with E-state index in [0.29, 0.717) is 12.1 Å². The molecule has 1 saturated carbocycles. The molecule has 104 valence electrons. The van der Waals surface area contributed by atoms with Crippen molar-refractivity contribution in [2.75, 3.05) is 13.7 Å². The van der Waals surface area contributed by atoms with Crippen molar-refractivity contribution in [1.29, 1.82) is 0 Å². The quantitative estimate of drug-likeness (QED) is 0.855. The van der Waals surface area contributed by atoms with Crippen LogP contribution in [0.15, 0.2) is 12.1 Å². The Morgan fingerprint density at radius 3 is 2.32 bits per heavy atom. The third-order valence-electron chi connectivity index (χ3n) is 3.51. The lowest BCUT2D eigenvalue weighted by molar-refractivity contribution is -0.0679. The van der Waals surface area contributed by atoms with Crippen molar-refractivity contribution >= 4 is 5.91 Å². The molecule has 0 bridgehead atoms. The van der Waals surface area contributed by atoms with Crippen LogP contribution in [-0.4, -0.2) is 25.2 Å². The summed E-state index contributed by atoms with van der Waals surface area (Å²) >= 11 is 0. The second kappa shape index (κ2) is 5.21. The van der Waals surface area contributed by atoms with Gasteiger partial charge in [-0.3, -0.25) is 4.79 Å². The Labute approximate surface area is 108 Å². The van der Waals surface area contributed by atoms with Crippen LogP contribution in [0.4, 0.5) is 13.2 Å². The lowest BCUT2D eigenvalue weighted by Crippen LogP contribution is -2.49. The molecule has 0 spiro atoms. The van der Waals surface area contributed by atoms with E-state index in [-0.39, 0.29) is 17.7 Å². The number of ether oxygens (including phenoxy) is 1. The Kier molecular flexibility index (Phi) is 3.80. The largest absolute Gasteiger partial charge is 0.376 e. The number of methoxy groups -OCH3 is 1. The molecule has 1 fully saturated rings. The van der Waals surface area contributed by atoms with Crippen LogP contribution in [0.1, 0.15) is 29.6 Å². The maximum absolute atomic E-state index is 13.0. The van der Waals surface area contributed by atoms with Crippen LogP contribution < -0.4 is 5.32 Å². The van der Waals surface area contributed by atoms with E-state index in [0.717, 1.165) is 19.3 Å². The first kappa shape index (κ1) is 13.9. The summed E-state index contributed by atoms with van der Waals surface area (Å²) in [4.78, 5) is 11.7. The minimum Gasteiger partial charge on any atom is -0.376 e. The Morgan fingerprint density at radius 2 is 1.89 bits per heavy atom. The number of benzene rings is 1. The molecule has 0 heterocycles. The maximum Gasteiger partial charge on any atom is 0.251 e. The second-order valence-corrected chi connectivity index (χ2v) is 4.68. The monoisotopic (exact) mass is 273 g/mol. The minimum atomic E-state index is -1.58. The number of amides is 1. The number of hydrogen-bond donors (Lipinski definition) is 1. The van der Waals surface area contributed by atoms with Crippen molar-refractivity contribution in [3.8, 4) is 0 Å². The molecule has 3 nitrogen and oxygen atoms in total. The first-order valence-electron chi connectivity index (χ1n) is 5.95. The molecule has 1 aliphatic carbocycles. The lowest BCUT2D eigenvalue weighted by atomic mass is 9.80. The highest BCUT2D eigenvalue weighted by atomic mass is 19.2. The molecule has 2 rings (SSSR count). The second-order valence-electron chi connectivity index (χ2n) is 4.68. The van der Waals surface area contributed by atoms with Gasteiger partial charge in [0.25, 0.3) is 5.91 Å². The highest BCUT2D eigenvalue weighted by Gasteiger charge is 2.37. The van der Waals surface area contributed by atoms with Crippen molar-refractivity contribution in [2.24, 2.45) is 0 Å². The molecule has 0 saturated heterocycles. The van der Waals surface area contributed by atoms with Crippen molar-refractivity contribution in [3.63, 3.8) is 0 Å². The topological polar surface area (TPSA) is 38.3 Å². The average molecular weight is 273 g/mol. The van der Waals surface area contributed by atoms with E-state index in [9.17, 15) is 18.0 Å².